The summed E-state index contributed by atoms with van der Waals surface area (Å²) >= 11 is 1.50. The Morgan fingerprint density at radius 1 is 1.36 bits per heavy atom. The van der Waals surface area contributed by atoms with Crippen molar-refractivity contribution < 1.29 is 14.7 Å². The fraction of sp³-hybridized carbons (Fsp3) is 0.750. The number of rotatable bonds is 1. The molecule has 2 saturated heterocycles. The van der Waals surface area contributed by atoms with Gasteiger partial charge in [0.15, 0.2) is 0 Å². The molecule has 0 aromatic carbocycles. The first-order valence-corrected chi connectivity index (χ1v) is 5.71. The number of carbonyl (C=O) groups is 2. The SMILES string of the molecule is O=C(O)[C@@H]1CSCN1C(=O)N1CCC1. The summed E-state index contributed by atoms with van der Waals surface area (Å²) in [6.45, 7) is 1.54. The number of hydrogen-bond donors (Lipinski definition) is 1. The molecule has 2 amide bonds. The number of carboxylic acids is 1. The van der Waals surface area contributed by atoms with Gasteiger partial charge < -0.3 is 14.9 Å². The highest BCUT2D eigenvalue weighted by atomic mass is 32.2. The van der Waals surface area contributed by atoms with Gasteiger partial charge in [-0.05, 0) is 6.42 Å². The van der Waals surface area contributed by atoms with E-state index in [1.165, 1.54) is 16.7 Å². The summed E-state index contributed by atoms with van der Waals surface area (Å²) in [6, 6.07) is -0.748. The van der Waals surface area contributed by atoms with Gasteiger partial charge in [0.05, 0.1) is 5.88 Å². The van der Waals surface area contributed by atoms with E-state index in [0.717, 1.165) is 19.5 Å². The van der Waals surface area contributed by atoms with Gasteiger partial charge in [-0.25, -0.2) is 9.59 Å². The molecule has 2 heterocycles. The molecule has 0 aromatic rings. The molecule has 0 aromatic heterocycles. The van der Waals surface area contributed by atoms with Crippen LogP contribution in [0.3, 0.4) is 0 Å². The summed E-state index contributed by atoms with van der Waals surface area (Å²) in [5, 5.41) is 8.88. The van der Waals surface area contributed by atoms with Crippen LogP contribution < -0.4 is 0 Å². The van der Waals surface area contributed by atoms with E-state index in [-0.39, 0.29) is 6.03 Å². The number of hydrogen-bond acceptors (Lipinski definition) is 3. The van der Waals surface area contributed by atoms with Crippen molar-refractivity contribution in [3.63, 3.8) is 0 Å². The first-order valence-electron chi connectivity index (χ1n) is 4.56. The Bertz CT molecular complexity index is 267. The van der Waals surface area contributed by atoms with E-state index in [1.54, 1.807) is 4.90 Å². The number of amides is 2. The van der Waals surface area contributed by atoms with Gasteiger partial charge in [0.2, 0.25) is 0 Å². The van der Waals surface area contributed by atoms with Crippen molar-refractivity contribution >= 4 is 23.8 Å². The van der Waals surface area contributed by atoms with E-state index < -0.39 is 12.0 Å². The van der Waals surface area contributed by atoms with Gasteiger partial charge in [0.25, 0.3) is 0 Å². The standard InChI is InChI=1S/C8H12N2O3S/c11-7(12)6-4-14-5-10(6)8(13)9-2-1-3-9/h6H,1-5H2,(H,11,12)/t6-/m0/s1. The van der Waals surface area contributed by atoms with E-state index in [1.807, 2.05) is 0 Å². The van der Waals surface area contributed by atoms with Crippen LogP contribution in [0.2, 0.25) is 0 Å². The first-order chi connectivity index (χ1) is 6.70. The van der Waals surface area contributed by atoms with Crippen molar-refractivity contribution in [3.8, 4) is 0 Å². The summed E-state index contributed by atoms with van der Waals surface area (Å²) in [4.78, 5) is 25.7. The van der Waals surface area contributed by atoms with Gasteiger partial charge in [-0.3, -0.25) is 0 Å². The molecule has 0 spiro atoms. The van der Waals surface area contributed by atoms with E-state index in [9.17, 15) is 9.59 Å². The molecular formula is C8H12N2O3S. The molecule has 0 saturated carbocycles. The lowest BCUT2D eigenvalue weighted by Crippen LogP contribution is -2.53. The fourth-order valence-electron chi connectivity index (χ4n) is 1.52. The monoisotopic (exact) mass is 216 g/mol. The molecule has 78 valence electrons. The normalized spacial score (nSPS) is 26.1. The van der Waals surface area contributed by atoms with Gasteiger partial charge in [-0.2, -0.15) is 0 Å². The molecule has 5 nitrogen and oxygen atoms in total. The minimum atomic E-state index is -0.899. The smallest absolute Gasteiger partial charge is 0.327 e. The van der Waals surface area contributed by atoms with E-state index >= 15 is 0 Å². The maximum absolute atomic E-state index is 11.7. The lowest BCUT2D eigenvalue weighted by Gasteiger charge is -2.35. The van der Waals surface area contributed by atoms with Crippen LogP contribution in [0.25, 0.3) is 0 Å². The third kappa shape index (κ3) is 1.54. The molecule has 14 heavy (non-hydrogen) atoms. The van der Waals surface area contributed by atoms with Crippen LogP contribution in [0.5, 0.6) is 0 Å². The van der Waals surface area contributed by atoms with Gasteiger partial charge in [-0.1, -0.05) is 0 Å². The lowest BCUT2D eigenvalue weighted by atomic mass is 10.2. The van der Waals surface area contributed by atoms with E-state index in [2.05, 4.69) is 0 Å². The number of likely N-dealkylation sites (tertiary alicyclic amines) is 1. The molecule has 1 atom stereocenters. The quantitative estimate of drug-likeness (QED) is 0.683. The van der Waals surface area contributed by atoms with Gasteiger partial charge in [0.1, 0.15) is 6.04 Å². The summed E-state index contributed by atoms with van der Waals surface area (Å²) in [5.74, 6) is 0.116. The highest BCUT2D eigenvalue weighted by Crippen LogP contribution is 2.23. The highest BCUT2D eigenvalue weighted by molar-refractivity contribution is 7.99. The molecule has 2 aliphatic rings. The number of aliphatic carboxylic acids is 1. The molecule has 2 fully saturated rings. The van der Waals surface area contributed by atoms with Crippen LogP contribution in [0.4, 0.5) is 4.79 Å². The van der Waals surface area contributed by atoms with Crippen LogP contribution in [0, 0.1) is 0 Å². The van der Waals surface area contributed by atoms with Crippen molar-refractivity contribution in [2.75, 3.05) is 24.7 Å². The highest BCUT2D eigenvalue weighted by Gasteiger charge is 2.37. The summed E-state index contributed by atoms with van der Waals surface area (Å²) in [6.07, 6.45) is 1.03. The molecular weight excluding hydrogens is 204 g/mol. The van der Waals surface area contributed by atoms with Crippen molar-refractivity contribution in [1.29, 1.82) is 0 Å². The minimum Gasteiger partial charge on any atom is -0.480 e. The summed E-state index contributed by atoms with van der Waals surface area (Å²) < 4.78 is 0. The largest absolute Gasteiger partial charge is 0.480 e. The van der Waals surface area contributed by atoms with E-state index in [0.29, 0.717) is 11.6 Å². The Morgan fingerprint density at radius 3 is 2.57 bits per heavy atom. The lowest BCUT2D eigenvalue weighted by molar-refractivity contribution is -0.141. The zero-order chi connectivity index (χ0) is 10.1. The Labute approximate surface area is 86.0 Å². The van der Waals surface area contributed by atoms with Crippen molar-refractivity contribution in [1.82, 2.24) is 9.80 Å². The predicted molar refractivity (Wildman–Crippen MR) is 52.2 cm³/mol. The second kappa shape index (κ2) is 3.68. The van der Waals surface area contributed by atoms with Crippen LogP contribution in [0.1, 0.15) is 6.42 Å². The van der Waals surface area contributed by atoms with Gasteiger partial charge in [0, 0.05) is 18.8 Å². The Hall–Kier alpha value is -0.910. The fourth-order valence-corrected chi connectivity index (χ4v) is 2.66. The number of thioether (sulfide) groups is 1. The third-order valence-electron chi connectivity index (χ3n) is 2.54. The number of nitrogens with zero attached hydrogens (tertiary/aromatic N) is 2. The molecule has 2 rings (SSSR count). The Morgan fingerprint density at radius 2 is 2.07 bits per heavy atom. The number of carboxylic acid groups (broad SMARTS) is 1. The maximum Gasteiger partial charge on any atom is 0.327 e. The van der Waals surface area contributed by atoms with Gasteiger partial charge >= 0.3 is 12.0 Å². The number of carbonyl (C=O) groups excluding carboxylic acids is 1. The van der Waals surface area contributed by atoms with Crippen LogP contribution in [-0.4, -0.2) is 57.7 Å². The minimum absolute atomic E-state index is 0.117. The van der Waals surface area contributed by atoms with E-state index in [4.69, 9.17) is 5.11 Å². The van der Waals surface area contributed by atoms with Crippen molar-refractivity contribution in [2.45, 2.75) is 12.5 Å². The summed E-state index contributed by atoms with van der Waals surface area (Å²) in [5.41, 5.74) is 0. The van der Waals surface area contributed by atoms with Gasteiger partial charge in [-0.15, -0.1) is 11.8 Å². The molecule has 2 aliphatic heterocycles. The Kier molecular flexibility index (Phi) is 2.54. The molecule has 6 heteroatoms. The van der Waals surface area contributed by atoms with Crippen LogP contribution >= 0.6 is 11.8 Å². The average Bonchev–Trinajstić information content (AvgIpc) is 2.47. The maximum atomic E-state index is 11.7. The second-order valence-corrected chi connectivity index (χ2v) is 4.45. The first kappa shape index (κ1) is 9.64. The average molecular weight is 216 g/mol. The van der Waals surface area contributed by atoms with Crippen molar-refractivity contribution in [2.24, 2.45) is 0 Å². The van der Waals surface area contributed by atoms with Crippen LogP contribution in [-0.2, 0) is 4.79 Å². The van der Waals surface area contributed by atoms with Crippen molar-refractivity contribution in [3.05, 3.63) is 0 Å². The zero-order valence-corrected chi connectivity index (χ0v) is 8.50. The molecule has 0 aliphatic carbocycles. The molecule has 0 bridgehead atoms. The summed E-state index contributed by atoms with van der Waals surface area (Å²) in [7, 11) is 0. The number of urea groups is 1. The second-order valence-electron chi connectivity index (χ2n) is 3.45. The topological polar surface area (TPSA) is 60.9 Å². The predicted octanol–water partition coefficient (Wildman–Crippen LogP) is 0.272. The molecule has 0 radical (unpaired) electrons. The van der Waals surface area contributed by atoms with Crippen LogP contribution in [0.15, 0.2) is 0 Å². The molecule has 0 unspecified atom stereocenters. The third-order valence-corrected chi connectivity index (χ3v) is 3.55. The Balaban J connectivity index is 2.01. The molecule has 1 N–H and O–H groups in total. The zero-order valence-electron chi connectivity index (χ0n) is 7.68.